The highest BCUT2D eigenvalue weighted by molar-refractivity contribution is 6.66. The van der Waals surface area contributed by atoms with Gasteiger partial charge in [0.2, 0.25) is 5.24 Å². The summed E-state index contributed by atoms with van der Waals surface area (Å²) >= 11 is 5.13. The first-order chi connectivity index (χ1) is 6.63. The molecule has 0 saturated heterocycles. The molecule has 0 atom stereocenters. The predicted molar refractivity (Wildman–Crippen MR) is 54.6 cm³/mol. The Labute approximate surface area is 86.6 Å². The number of halogens is 1. The Hall–Kier alpha value is -1.48. The Bertz CT molecular complexity index is 372. The average Bonchev–Trinajstić information content (AvgIpc) is 2.16. The van der Waals surface area contributed by atoms with Crippen molar-refractivity contribution < 1.29 is 14.6 Å². The van der Waals surface area contributed by atoms with Gasteiger partial charge in [0.1, 0.15) is 0 Å². The molecule has 0 spiro atoms. The van der Waals surface area contributed by atoms with Crippen LogP contribution in [-0.4, -0.2) is 17.5 Å². The van der Waals surface area contributed by atoms with E-state index >= 15 is 0 Å². The molecule has 1 aromatic rings. The second-order valence-electron chi connectivity index (χ2n) is 2.57. The monoisotopic (exact) mass is 212 g/mol. The van der Waals surface area contributed by atoms with E-state index in [2.05, 4.69) is 0 Å². The molecule has 0 aliphatic heterocycles. The molecule has 0 amide bonds. The molecule has 3 nitrogen and oxygen atoms in total. The third-order valence-electron chi connectivity index (χ3n) is 1.61. The maximum Gasteiger partial charge on any atom is 0.245 e. The van der Waals surface area contributed by atoms with Gasteiger partial charge in [-0.2, -0.15) is 0 Å². The summed E-state index contributed by atoms with van der Waals surface area (Å²) in [6, 6.07) is 4.73. The topological polar surface area (TPSA) is 46.5 Å². The number of rotatable bonds is 3. The maximum absolute atomic E-state index is 10.4. The number of phenols is 1. The Kier molecular flexibility index (Phi) is 3.54. The van der Waals surface area contributed by atoms with E-state index in [0.29, 0.717) is 5.75 Å². The summed E-state index contributed by atoms with van der Waals surface area (Å²) in [6.07, 6.45) is 2.77. The minimum atomic E-state index is -0.544. The Morgan fingerprint density at radius 2 is 2.29 bits per heavy atom. The summed E-state index contributed by atoms with van der Waals surface area (Å²) in [4.78, 5) is 10.4. The van der Waals surface area contributed by atoms with Crippen LogP contribution >= 0.6 is 11.6 Å². The van der Waals surface area contributed by atoms with Gasteiger partial charge in [0.25, 0.3) is 0 Å². The van der Waals surface area contributed by atoms with E-state index < -0.39 is 5.24 Å². The lowest BCUT2D eigenvalue weighted by atomic mass is 10.2. The van der Waals surface area contributed by atoms with Crippen LogP contribution < -0.4 is 4.74 Å². The van der Waals surface area contributed by atoms with Gasteiger partial charge < -0.3 is 9.84 Å². The largest absolute Gasteiger partial charge is 0.504 e. The fraction of sp³-hybridized carbons (Fsp3) is 0.100. The Balaban J connectivity index is 2.95. The van der Waals surface area contributed by atoms with Crippen LogP contribution in [0, 0.1) is 0 Å². The van der Waals surface area contributed by atoms with Gasteiger partial charge in [0, 0.05) is 0 Å². The van der Waals surface area contributed by atoms with Gasteiger partial charge in [-0.05, 0) is 35.4 Å². The van der Waals surface area contributed by atoms with Crippen LogP contribution in [0.4, 0.5) is 0 Å². The van der Waals surface area contributed by atoms with Crippen molar-refractivity contribution >= 4 is 22.9 Å². The molecule has 4 heteroatoms. The van der Waals surface area contributed by atoms with Crippen molar-refractivity contribution in [1.29, 1.82) is 0 Å². The molecule has 0 aliphatic rings. The zero-order valence-electron chi connectivity index (χ0n) is 7.53. The number of benzene rings is 1. The van der Waals surface area contributed by atoms with Gasteiger partial charge in [-0.15, -0.1) is 0 Å². The predicted octanol–water partition coefficient (Wildman–Crippen LogP) is 2.18. The minimum Gasteiger partial charge on any atom is -0.504 e. The lowest BCUT2D eigenvalue weighted by Gasteiger charge is -2.03. The zero-order chi connectivity index (χ0) is 10.6. The standard InChI is InChI=1S/C10H9ClO3/c1-14-9-6-7(2-4-8(9)12)3-5-10(11)13/h2-6,12H,1H3/b5-3+. The molecule has 0 radical (unpaired) electrons. The van der Waals surface area contributed by atoms with Gasteiger partial charge in [-0.1, -0.05) is 12.1 Å². The number of hydrogen-bond acceptors (Lipinski definition) is 3. The molecule has 0 saturated carbocycles. The maximum atomic E-state index is 10.4. The first kappa shape index (κ1) is 10.6. The van der Waals surface area contributed by atoms with Gasteiger partial charge in [-0.25, -0.2) is 0 Å². The second-order valence-corrected chi connectivity index (χ2v) is 2.94. The number of ether oxygens (including phenoxy) is 1. The van der Waals surface area contributed by atoms with Crippen LogP contribution in [0.1, 0.15) is 5.56 Å². The lowest BCUT2D eigenvalue weighted by molar-refractivity contribution is -0.107. The fourth-order valence-corrected chi connectivity index (χ4v) is 1.02. The van der Waals surface area contributed by atoms with Crippen molar-refractivity contribution in [3.05, 3.63) is 29.8 Å². The molecule has 0 heterocycles. The van der Waals surface area contributed by atoms with E-state index in [0.717, 1.165) is 5.56 Å². The third kappa shape index (κ3) is 2.78. The van der Waals surface area contributed by atoms with E-state index in [1.165, 1.54) is 25.3 Å². The summed E-state index contributed by atoms with van der Waals surface area (Å²) in [5, 5.41) is 8.73. The first-order valence-corrected chi connectivity index (χ1v) is 4.26. The lowest BCUT2D eigenvalue weighted by Crippen LogP contribution is -1.84. The highest BCUT2D eigenvalue weighted by Gasteiger charge is 2.00. The van der Waals surface area contributed by atoms with Gasteiger partial charge in [0.15, 0.2) is 11.5 Å². The summed E-state index contributed by atoms with van der Waals surface area (Å²) in [7, 11) is 1.45. The van der Waals surface area contributed by atoms with Crippen LogP contribution in [0.3, 0.4) is 0 Å². The fourth-order valence-electron chi connectivity index (χ4n) is 0.960. The summed E-state index contributed by atoms with van der Waals surface area (Å²) in [5.74, 6) is 0.413. The van der Waals surface area contributed by atoms with E-state index in [-0.39, 0.29) is 5.75 Å². The second kappa shape index (κ2) is 4.67. The van der Waals surface area contributed by atoms with Gasteiger partial charge in [-0.3, -0.25) is 4.79 Å². The molecular formula is C10H9ClO3. The van der Waals surface area contributed by atoms with E-state index in [1.54, 1.807) is 12.1 Å². The molecule has 1 aromatic carbocycles. The smallest absolute Gasteiger partial charge is 0.245 e. The Morgan fingerprint density at radius 1 is 1.57 bits per heavy atom. The van der Waals surface area contributed by atoms with Crippen LogP contribution in [0.5, 0.6) is 11.5 Å². The van der Waals surface area contributed by atoms with Crippen LogP contribution in [-0.2, 0) is 4.79 Å². The van der Waals surface area contributed by atoms with E-state index in [1.807, 2.05) is 0 Å². The van der Waals surface area contributed by atoms with Gasteiger partial charge in [0.05, 0.1) is 7.11 Å². The molecule has 0 unspecified atom stereocenters. The van der Waals surface area contributed by atoms with E-state index in [4.69, 9.17) is 16.3 Å². The molecule has 14 heavy (non-hydrogen) atoms. The number of allylic oxidation sites excluding steroid dienone is 1. The SMILES string of the molecule is COc1cc(/C=C/C(=O)Cl)ccc1O. The molecule has 1 N–H and O–H groups in total. The number of phenolic OH excluding ortho intramolecular Hbond substituents is 1. The number of carbonyl (C=O) groups is 1. The molecule has 0 aromatic heterocycles. The minimum absolute atomic E-state index is 0.0573. The number of hydrogen-bond donors (Lipinski definition) is 1. The molecule has 0 bridgehead atoms. The number of carbonyl (C=O) groups excluding carboxylic acids is 1. The van der Waals surface area contributed by atoms with Gasteiger partial charge >= 0.3 is 0 Å². The van der Waals surface area contributed by atoms with Crippen molar-refractivity contribution in [3.63, 3.8) is 0 Å². The molecular weight excluding hydrogens is 204 g/mol. The first-order valence-electron chi connectivity index (χ1n) is 3.88. The van der Waals surface area contributed by atoms with Crippen LogP contribution in [0.25, 0.3) is 6.08 Å². The Morgan fingerprint density at radius 3 is 2.86 bits per heavy atom. The van der Waals surface area contributed by atoms with Crippen molar-refractivity contribution in [2.24, 2.45) is 0 Å². The third-order valence-corrected chi connectivity index (χ3v) is 1.74. The molecule has 74 valence electrons. The summed E-state index contributed by atoms with van der Waals surface area (Å²) in [5.41, 5.74) is 0.730. The average molecular weight is 213 g/mol. The van der Waals surface area contributed by atoms with Crippen molar-refractivity contribution in [3.8, 4) is 11.5 Å². The van der Waals surface area contributed by atoms with Crippen molar-refractivity contribution in [1.82, 2.24) is 0 Å². The highest BCUT2D eigenvalue weighted by atomic mass is 35.5. The normalized spacial score (nSPS) is 10.4. The summed E-state index contributed by atoms with van der Waals surface area (Å²) in [6.45, 7) is 0. The zero-order valence-corrected chi connectivity index (χ0v) is 8.28. The number of aromatic hydroxyl groups is 1. The molecule has 1 rings (SSSR count). The quantitative estimate of drug-likeness (QED) is 0.617. The number of methoxy groups -OCH3 is 1. The van der Waals surface area contributed by atoms with Crippen molar-refractivity contribution in [2.75, 3.05) is 7.11 Å². The molecule has 0 aliphatic carbocycles. The van der Waals surface area contributed by atoms with Crippen molar-refractivity contribution in [2.45, 2.75) is 0 Å². The summed E-state index contributed by atoms with van der Waals surface area (Å²) < 4.78 is 4.89. The highest BCUT2D eigenvalue weighted by Crippen LogP contribution is 2.26. The van der Waals surface area contributed by atoms with E-state index in [9.17, 15) is 9.90 Å². The molecule has 0 fully saturated rings. The van der Waals surface area contributed by atoms with Crippen LogP contribution in [0.2, 0.25) is 0 Å². The van der Waals surface area contributed by atoms with Crippen LogP contribution in [0.15, 0.2) is 24.3 Å².